The van der Waals surface area contributed by atoms with Crippen LogP contribution in [0.2, 0.25) is 0 Å². The molecule has 0 aliphatic carbocycles. The molecule has 3 aromatic rings. The molecule has 0 bridgehead atoms. The Balaban J connectivity index is 1.67. The molecule has 140 valence electrons. The third kappa shape index (κ3) is 3.57. The first kappa shape index (κ1) is 17.7. The first-order chi connectivity index (χ1) is 12.9. The van der Waals surface area contributed by atoms with Crippen LogP contribution in [0.4, 0.5) is 4.39 Å². The van der Waals surface area contributed by atoms with E-state index in [1.165, 1.54) is 12.1 Å². The lowest BCUT2D eigenvalue weighted by Crippen LogP contribution is -2.46. The first-order valence-electron chi connectivity index (χ1n) is 9.11. The van der Waals surface area contributed by atoms with Gasteiger partial charge in [-0.1, -0.05) is 6.07 Å². The largest absolute Gasteiger partial charge is 0.375 e. The summed E-state index contributed by atoms with van der Waals surface area (Å²) in [5, 5.41) is 3.09. The third-order valence-corrected chi connectivity index (χ3v) is 4.90. The van der Waals surface area contributed by atoms with Crippen LogP contribution >= 0.6 is 0 Å². The minimum atomic E-state index is -0.303. The quantitative estimate of drug-likeness (QED) is 0.765. The molecule has 27 heavy (non-hydrogen) atoms. The molecule has 1 aliphatic heterocycles. The number of halogens is 1. The van der Waals surface area contributed by atoms with E-state index in [-0.39, 0.29) is 23.4 Å². The molecule has 0 radical (unpaired) electrons. The Hall–Kier alpha value is -2.73. The minimum absolute atomic E-state index is 0.0478. The summed E-state index contributed by atoms with van der Waals surface area (Å²) in [5.74, 6) is -0.191. The summed E-state index contributed by atoms with van der Waals surface area (Å²) in [7, 11) is 0. The predicted octanol–water partition coefficient (Wildman–Crippen LogP) is 3.83. The topological polar surface area (TPSA) is 55.6 Å². The maximum Gasteiger partial charge on any atom is 0.287 e. The zero-order valence-electron chi connectivity index (χ0n) is 15.4. The van der Waals surface area contributed by atoms with E-state index in [0.29, 0.717) is 18.1 Å². The Bertz CT molecular complexity index is 979. The predicted molar refractivity (Wildman–Crippen MR) is 101 cm³/mol. The van der Waals surface area contributed by atoms with E-state index in [9.17, 15) is 9.18 Å². The van der Waals surface area contributed by atoms with Gasteiger partial charge >= 0.3 is 0 Å². The molecule has 5 nitrogen and oxygen atoms in total. The molecule has 1 unspecified atom stereocenters. The van der Waals surface area contributed by atoms with Gasteiger partial charge in [-0.25, -0.2) is 9.37 Å². The van der Waals surface area contributed by atoms with Gasteiger partial charge in [0, 0.05) is 24.4 Å². The molecule has 1 aliphatic rings. The number of hydrogen-bond acceptors (Lipinski definition) is 3. The number of imidazole rings is 1. The molecule has 1 fully saturated rings. The summed E-state index contributed by atoms with van der Waals surface area (Å²) >= 11 is 0. The average molecular weight is 367 g/mol. The van der Waals surface area contributed by atoms with Gasteiger partial charge in [-0.05, 0) is 63.1 Å². The van der Waals surface area contributed by atoms with Gasteiger partial charge in [0.25, 0.3) is 5.91 Å². The number of pyridine rings is 1. The van der Waals surface area contributed by atoms with Crippen LogP contribution in [0.3, 0.4) is 0 Å². The Morgan fingerprint density at radius 2 is 2.04 bits per heavy atom. The highest BCUT2D eigenvalue weighted by atomic mass is 19.1. The monoisotopic (exact) mass is 367 g/mol. The highest BCUT2D eigenvalue weighted by molar-refractivity contribution is 5.94. The van der Waals surface area contributed by atoms with Crippen LogP contribution in [-0.2, 0) is 4.74 Å². The number of benzene rings is 1. The van der Waals surface area contributed by atoms with Crippen molar-refractivity contribution in [2.75, 3.05) is 6.61 Å². The van der Waals surface area contributed by atoms with Crippen LogP contribution in [0.1, 0.15) is 37.3 Å². The van der Waals surface area contributed by atoms with E-state index < -0.39 is 0 Å². The Labute approximate surface area is 157 Å². The Morgan fingerprint density at radius 1 is 1.26 bits per heavy atom. The van der Waals surface area contributed by atoms with Crippen molar-refractivity contribution in [1.29, 1.82) is 0 Å². The van der Waals surface area contributed by atoms with Gasteiger partial charge in [-0.15, -0.1) is 0 Å². The second-order valence-corrected chi connectivity index (χ2v) is 7.52. The molecule has 0 saturated carbocycles. The van der Waals surface area contributed by atoms with Crippen LogP contribution in [0, 0.1) is 5.82 Å². The van der Waals surface area contributed by atoms with E-state index >= 15 is 0 Å². The summed E-state index contributed by atoms with van der Waals surface area (Å²) in [6.45, 7) is 4.69. The number of hydrogen-bond donors (Lipinski definition) is 1. The SMILES string of the molecule is CC1(C)CC(NC(=O)c2nc(-c3ccc(F)cc3)c3ccccn23)CCO1. The normalized spacial score (nSPS) is 19.1. The van der Waals surface area contributed by atoms with E-state index in [0.717, 1.165) is 23.9 Å². The summed E-state index contributed by atoms with van der Waals surface area (Å²) in [5.41, 5.74) is 1.99. The Morgan fingerprint density at radius 3 is 2.78 bits per heavy atom. The van der Waals surface area contributed by atoms with Crippen LogP contribution in [0.15, 0.2) is 48.7 Å². The van der Waals surface area contributed by atoms with Crippen molar-refractivity contribution in [3.63, 3.8) is 0 Å². The lowest BCUT2D eigenvalue weighted by Gasteiger charge is -2.35. The van der Waals surface area contributed by atoms with Gasteiger partial charge in [-0.3, -0.25) is 9.20 Å². The fraction of sp³-hybridized carbons (Fsp3) is 0.333. The fourth-order valence-corrected chi connectivity index (χ4v) is 3.62. The van der Waals surface area contributed by atoms with Crippen LogP contribution in [0.25, 0.3) is 16.8 Å². The molecule has 3 heterocycles. The van der Waals surface area contributed by atoms with Crippen molar-refractivity contribution in [3.8, 4) is 11.3 Å². The number of nitrogens with zero attached hydrogens (tertiary/aromatic N) is 2. The van der Waals surface area contributed by atoms with Crippen LogP contribution in [-0.4, -0.2) is 33.5 Å². The van der Waals surface area contributed by atoms with Crippen molar-refractivity contribution in [1.82, 2.24) is 14.7 Å². The number of fused-ring (bicyclic) bond motifs is 1. The number of nitrogens with one attached hydrogen (secondary N) is 1. The molecule has 1 aromatic carbocycles. The van der Waals surface area contributed by atoms with Gasteiger partial charge < -0.3 is 10.1 Å². The van der Waals surface area contributed by atoms with Gasteiger partial charge in [0.05, 0.1) is 16.8 Å². The van der Waals surface area contributed by atoms with Crippen molar-refractivity contribution in [2.45, 2.75) is 38.3 Å². The molecule has 2 aromatic heterocycles. The van der Waals surface area contributed by atoms with Crippen molar-refractivity contribution in [2.24, 2.45) is 0 Å². The molecular weight excluding hydrogens is 345 g/mol. The number of carbonyl (C=O) groups is 1. The summed E-state index contributed by atoms with van der Waals surface area (Å²) in [6.07, 6.45) is 3.36. The summed E-state index contributed by atoms with van der Waals surface area (Å²) < 4.78 is 20.8. The van der Waals surface area contributed by atoms with E-state index in [4.69, 9.17) is 4.74 Å². The maximum atomic E-state index is 13.3. The third-order valence-electron chi connectivity index (χ3n) is 4.90. The lowest BCUT2D eigenvalue weighted by molar-refractivity contribution is -0.0615. The molecular formula is C21H22FN3O2. The van der Waals surface area contributed by atoms with Gasteiger partial charge in [0.1, 0.15) is 5.82 Å². The Kier molecular flexibility index (Phi) is 4.44. The zero-order chi connectivity index (χ0) is 19.0. The molecule has 1 amide bonds. The van der Waals surface area contributed by atoms with Crippen molar-refractivity contribution in [3.05, 3.63) is 60.3 Å². The molecule has 6 heteroatoms. The number of carbonyl (C=O) groups excluding carboxylic acids is 1. The molecule has 4 rings (SSSR count). The molecule has 1 N–H and O–H groups in total. The van der Waals surface area contributed by atoms with Crippen LogP contribution < -0.4 is 5.32 Å². The van der Waals surface area contributed by atoms with Gasteiger partial charge in [-0.2, -0.15) is 0 Å². The van der Waals surface area contributed by atoms with Crippen molar-refractivity contribution < 1.29 is 13.9 Å². The lowest BCUT2D eigenvalue weighted by atomic mass is 9.94. The average Bonchev–Trinajstić information content (AvgIpc) is 3.01. The minimum Gasteiger partial charge on any atom is -0.375 e. The molecule has 1 atom stereocenters. The highest BCUT2D eigenvalue weighted by Gasteiger charge is 2.30. The molecule has 0 spiro atoms. The summed E-state index contributed by atoms with van der Waals surface area (Å²) in [4.78, 5) is 17.5. The fourth-order valence-electron chi connectivity index (χ4n) is 3.62. The number of ether oxygens (including phenoxy) is 1. The first-order valence-corrected chi connectivity index (χ1v) is 9.11. The zero-order valence-corrected chi connectivity index (χ0v) is 15.4. The van der Waals surface area contributed by atoms with E-state index in [1.807, 2.05) is 38.2 Å². The number of rotatable bonds is 3. The highest BCUT2D eigenvalue weighted by Crippen LogP contribution is 2.27. The smallest absolute Gasteiger partial charge is 0.287 e. The second-order valence-electron chi connectivity index (χ2n) is 7.52. The van der Waals surface area contributed by atoms with Crippen LogP contribution in [0.5, 0.6) is 0 Å². The summed E-state index contributed by atoms with van der Waals surface area (Å²) in [6, 6.07) is 11.8. The van der Waals surface area contributed by atoms with Gasteiger partial charge in [0.15, 0.2) is 0 Å². The second kappa shape index (κ2) is 6.78. The van der Waals surface area contributed by atoms with E-state index in [1.54, 1.807) is 16.5 Å². The number of amides is 1. The van der Waals surface area contributed by atoms with E-state index in [2.05, 4.69) is 10.3 Å². The molecule has 1 saturated heterocycles. The standard InChI is InChI=1S/C21H22FN3O2/c1-21(2)13-16(10-12-27-21)23-20(26)19-24-18(14-6-8-15(22)9-7-14)17-5-3-4-11-25(17)19/h3-9,11,16H,10,12-13H2,1-2H3,(H,23,26). The maximum absolute atomic E-state index is 13.3. The number of aromatic nitrogens is 2. The van der Waals surface area contributed by atoms with Crippen molar-refractivity contribution >= 4 is 11.4 Å². The van der Waals surface area contributed by atoms with Gasteiger partial charge in [0.2, 0.25) is 5.82 Å².